The van der Waals surface area contributed by atoms with Crippen molar-refractivity contribution in [1.82, 2.24) is 9.13 Å². The highest BCUT2D eigenvalue weighted by molar-refractivity contribution is 6.02. The Balaban J connectivity index is 2.01. The van der Waals surface area contributed by atoms with E-state index in [2.05, 4.69) is 0 Å². The summed E-state index contributed by atoms with van der Waals surface area (Å²) in [5.74, 6) is -0.553. The minimum atomic E-state index is -0.681. The highest BCUT2D eigenvalue weighted by Gasteiger charge is 2.22. The molecule has 0 spiro atoms. The van der Waals surface area contributed by atoms with Gasteiger partial charge in [0.25, 0.3) is 5.56 Å². The highest BCUT2D eigenvalue weighted by atomic mass is 16.2. The third-order valence-electron chi connectivity index (χ3n) is 4.91. The quantitative estimate of drug-likeness (QED) is 0.647. The van der Waals surface area contributed by atoms with Crippen molar-refractivity contribution in [3.63, 3.8) is 0 Å². The first kappa shape index (κ1) is 20.1. The van der Waals surface area contributed by atoms with Gasteiger partial charge in [-0.05, 0) is 30.2 Å². The molecule has 0 unspecified atom stereocenters. The first-order valence-corrected chi connectivity index (χ1v) is 9.24. The number of ketones is 1. The molecule has 150 valence electrons. The monoisotopic (exact) mass is 392 g/mol. The van der Waals surface area contributed by atoms with Crippen LogP contribution in [-0.2, 0) is 20.6 Å². The Hall–Kier alpha value is -3.61. The highest BCUT2D eigenvalue weighted by Crippen LogP contribution is 2.20. The van der Waals surface area contributed by atoms with Crippen LogP contribution in [0.4, 0.5) is 11.5 Å². The number of hydrogen-bond donors (Lipinski definition) is 1. The minimum Gasteiger partial charge on any atom is -0.384 e. The molecule has 2 N–H and O–H groups in total. The summed E-state index contributed by atoms with van der Waals surface area (Å²) in [6, 6.07) is 17.6. The molecule has 0 aliphatic rings. The van der Waals surface area contributed by atoms with Crippen LogP contribution in [0.2, 0.25) is 0 Å². The van der Waals surface area contributed by atoms with Crippen LogP contribution in [0.1, 0.15) is 21.5 Å². The molecule has 7 heteroatoms. The number of nitrogens with two attached hydrogens (primary N) is 1. The van der Waals surface area contributed by atoms with E-state index in [-0.39, 0.29) is 17.9 Å². The molecule has 1 aromatic heterocycles. The first-order valence-electron chi connectivity index (χ1n) is 9.24. The summed E-state index contributed by atoms with van der Waals surface area (Å²) in [6.07, 6.45) is 0. The van der Waals surface area contributed by atoms with Gasteiger partial charge in [-0.1, -0.05) is 42.5 Å². The van der Waals surface area contributed by atoms with Crippen molar-refractivity contribution in [3.05, 3.63) is 92.1 Å². The van der Waals surface area contributed by atoms with Crippen molar-refractivity contribution < 1.29 is 4.79 Å². The summed E-state index contributed by atoms with van der Waals surface area (Å²) in [7, 11) is 2.78. The van der Waals surface area contributed by atoms with Crippen LogP contribution < -0.4 is 21.9 Å². The number of anilines is 2. The standard InChI is InChI=1S/C22H24N4O3/c1-15-8-7-11-17(12-15)26(13-16-9-5-4-6-10-16)14-18(27)19-20(23)24(2)22(29)25(3)21(19)28/h4-12H,13-14,23H2,1-3H3. The number of carbonyl (C=O) groups excluding carboxylic acids is 1. The summed E-state index contributed by atoms with van der Waals surface area (Å²) < 4.78 is 2.01. The Bertz CT molecular complexity index is 1160. The van der Waals surface area contributed by atoms with Crippen molar-refractivity contribution in [1.29, 1.82) is 0 Å². The van der Waals surface area contributed by atoms with E-state index in [1.54, 1.807) is 0 Å². The van der Waals surface area contributed by atoms with Crippen LogP contribution >= 0.6 is 0 Å². The molecule has 2 aromatic carbocycles. The maximum absolute atomic E-state index is 13.1. The summed E-state index contributed by atoms with van der Waals surface area (Å²) in [5, 5.41) is 0. The molecule has 0 bridgehead atoms. The van der Waals surface area contributed by atoms with Crippen LogP contribution in [0.5, 0.6) is 0 Å². The Labute approximate surface area is 168 Å². The minimum absolute atomic E-state index is 0.0456. The predicted octanol–water partition coefficient (Wildman–Crippen LogP) is 1.86. The SMILES string of the molecule is Cc1cccc(N(CC(=O)c2c(N)n(C)c(=O)n(C)c2=O)Cc2ccccc2)c1. The van der Waals surface area contributed by atoms with E-state index in [1.807, 2.05) is 66.4 Å². The molecule has 3 rings (SSSR count). The molecule has 0 atom stereocenters. The largest absolute Gasteiger partial charge is 0.384 e. The summed E-state index contributed by atoms with van der Waals surface area (Å²) >= 11 is 0. The van der Waals surface area contributed by atoms with Crippen LogP contribution in [0.25, 0.3) is 0 Å². The fourth-order valence-electron chi connectivity index (χ4n) is 3.24. The summed E-state index contributed by atoms with van der Waals surface area (Å²) in [5.41, 5.74) is 7.50. The molecule has 0 radical (unpaired) electrons. The number of nitrogens with zero attached hydrogens (tertiary/aromatic N) is 3. The van der Waals surface area contributed by atoms with Gasteiger partial charge in [-0.15, -0.1) is 0 Å². The van der Waals surface area contributed by atoms with E-state index < -0.39 is 17.0 Å². The van der Waals surface area contributed by atoms with Gasteiger partial charge >= 0.3 is 5.69 Å². The fourth-order valence-corrected chi connectivity index (χ4v) is 3.24. The number of Topliss-reactive ketones (excluding diaryl/α,β-unsaturated/α-hetero) is 1. The number of hydrogen-bond acceptors (Lipinski definition) is 5. The Morgan fingerprint density at radius 2 is 1.69 bits per heavy atom. The van der Waals surface area contributed by atoms with Crippen LogP contribution in [0.15, 0.2) is 64.2 Å². The molecule has 0 saturated heterocycles. The Morgan fingerprint density at radius 1 is 1.00 bits per heavy atom. The van der Waals surface area contributed by atoms with Crippen LogP contribution in [0.3, 0.4) is 0 Å². The second-order valence-corrected chi connectivity index (χ2v) is 7.07. The predicted molar refractivity (Wildman–Crippen MR) is 114 cm³/mol. The fraction of sp³-hybridized carbons (Fsp3) is 0.227. The molecular formula is C22H24N4O3. The first-order chi connectivity index (χ1) is 13.8. The van der Waals surface area contributed by atoms with E-state index in [9.17, 15) is 14.4 Å². The Morgan fingerprint density at radius 3 is 2.34 bits per heavy atom. The molecule has 0 saturated carbocycles. The van der Waals surface area contributed by atoms with E-state index in [0.717, 1.165) is 25.9 Å². The number of rotatable bonds is 6. The lowest BCUT2D eigenvalue weighted by atomic mass is 10.1. The van der Waals surface area contributed by atoms with Crippen molar-refractivity contribution in [3.8, 4) is 0 Å². The van der Waals surface area contributed by atoms with Crippen molar-refractivity contribution in [2.75, 3.05) is 17.2 Å². The van der Waals surface area contributed by atoms with Gasteiger partial charge in [0.2, 0.25) is 0 Å². The Kier molecular flexibility index (Phi) is 5.68. The molecule has 0 fully saturated rings. The normalized spacial score (nSPS) is 10.7. The summed E-state index contributed by atoms with van der Waals surface area (Å²) in [4.78, 5) is 39.6. The van der Waals surface area contributed by atoms with Gasteiger partial charge in [-0.3, -0.25) is 18.7 Å². The lowest BCUT2D eigenvalue weighted by molar-refractivity contribution is 0.0996. The topological polar surface area (TPSA) is 90.3 Å². The van der Waals surface area contributed by atoms with E-state index in [0.29, 0.717) is 6.54 Å². The lowest BCUT2D eigenvalue weighted by Crippen LogP contribution is -2.43. The third kappa shape index (κ3) is 4.13. The number of aromatic nitrogens is 2. The second kappa shape index (κ2) is 8.18. The van der Waals surface area contributed by atoms with Gasteiger partial charge in [-0.2, -0.15) is 0 Å². The van der Waals surface area contributed by atoms with Gasteiger partial charge < -0.3 is 10.6 Å². The average molecular weight is 392 g/mol. The zero-order valence-corrected chi connectivity index (χ0v) is 16.8. The smallest absolute Gasteiger partial charge is 0.332 e. The van der Waals surface area contributed by atoms with Gasteiger partial charge in [-0.25, -0.2) is 4.79 Å². The molecule has 0 aliphatic carbocycles. The number of nitrogen functional groups attached to an aromatic ring is 1. The maximum Gasteiger partial charge on any atom is 0.332 e. The average Bonchev–Trinajstić information content (AvgIpc) is 2.71. The van der Waals surface area contributed by atoms with Crippen LogP contribution in [-0.4, -0.2) is 21.5 Å². The van der Waals surface area contributed by atoms with Gasteiger partial charge in [0.05, 0.1) is 6.54 Å². The summed E-state index contributed by atoms with van der Waals surface area (Å²) in [6.45, 7) is 2.42. The molecule has 29 heavy (non-hydrogen) atoms. The zero-order valence-electron chi connectivity index (χ0n) is 16.8. The molecule has 0 amide bonds. The van der Waals surface area contributed by atoms with E-state index in [1.165, 1.54) is 14.1 Å². The van der Waals surface area contributed by atoms with Gasteiger partial charge in [0.1, 0.15) is 11.4 Å². The van der Waals surface area contributed by atoms with Gasteiger partial charge in [0.15, 0.2) is 5.78 Å². The number of carbonyl (C=O) groups is 1. The lowest BCUT2D eigenvalue weighted by Gasteiger charge is -2.25. The van der Waals surface area contributed by atoms with Crippen LogP contribution in [0, 0.1) is 6.92 Å². The zero-order chi connectivity index (χ0) is 21.1. The number of benzene rings is 2. The molecule has 1 heterocycles. The second-order valence-electron chi connectivity index (χ2n) is 7.07. The van der Waals surface area contributed by atoms with Gasteiger partial charge in [0, 0.05) is 26.3 Å². The van der Waals surface area contributed by atoms with Crippen molar-refractivity contribution in [2.24, 2.45) is 14.1 Å². The molecule has 7 nitrogen and oxygen atoms in total. The van der Waals surface area contributed by atoms with Crippen molar-refractivity contribution >= 4 is 17.3 Å². The van der Waals surface area contributed by atoms with E-state index >= 15 is 0 Å². The van der Waals surface area contributed by atoms with E-state index in [4.69, 9.17) is 5.73 Å². The van der Waals surface area contributed by atoms with Crippen molar-refractivity contribution in [2.45, 2.75) is 13.5 Å². The number of aryl methyl sites for hydroxylation is 1. The molecule has 3 aromatic rings. The maximum atomic E-state index is 13.1. The third-order valence-corrected chi connectivity index (χ3v) is 4.91. The molecular weight excluding hydrogens is 368 g/mol. The molecule has 0 aliphatic heterocycles.